The Bertz CT molecular complexity index is 1040. The van der Waals surface area contributed by atoms with Gasteiger partial charge in [-0.3, -0.25) is 4.72 Å². The summed E-state index contributed by atoms with van der Waals surface area (Å²) in [6, 6.07) is 9.25. The molecule has 6 nitrogen and oxygen atoms in total. The fourth-order valence-electron chi connectivity index (χ4n) is 4.17. The average Bonchev–Trinajstić information content (AvgIpc) is 3.43. The number of nitrogens with one attached hydrogen (secondary N) is 2. The van der Waals surface area contributed by atoms with Gasteiger partial charge in [-0.15, -0.1) is 13.2 Å². The Balaban J connectivity index is 1.58. The number of rotatable bonds is 6. The molecule has 0 aromatic heterocycles. The molecule has 4 rings (SSSR count). The molecule has 10 heteroatoms. The first kappa shape index (κ1) is 20.8. The fraction of sp³-hybridized carbons (Fsp3) is 0.400. The predicted molar refractivity (Wildman–Crippen MR) is 104 cm³/mol. The molecule has 1 saturated heterocycles. The molecule has 2 N–H and O–H groups in total. The Morgan fingerprint density at radius 1 is 1.17 bits per heavy atom. The minimum absolute atomic E-state index is 0.0690. The molecule has 2 aromatic carbocycles. The molecule has 2 aromatic rings. The summed E-state index contributed by atoms with van der Waals surface area (Å²) in [6.45, 7) is 1.72. The van der Waals surface area contributed by atoms with E-state index in [9.17, 15) is 21.6 Å². The topological polar surface area (TPSA) is 76.7 Å². The summed E-state index contributed by atoms with van der Waals surface area (Å²) < 4.78 is 74.3. The Hall–Kier alpha value is -2.46. The second kappa shape index (κ2) is 7.35. The van der Waals surface area contributed by atoms with Crippen molar-refractivity contribution < 1.29 is 31.1 Å². The van der Waals surface area contributed by atoms with Crippen molar-refractivity contribution >= 4 is 15.7 Å². The van der Waals surface area contributed by atoms with Gasteiger partial charge in [0.05, 0.1) is 12.0 Å². The van der Waals surface area contributed by atoms with Crippen molar-refractivity contribution in [3.05, 3.63) is 48.0 Å². The van der Waals surface area contributed by atoms with Crippen molar-refractivity contribution in [2.45, 2.75) is 29.5 Å². The SMILES string of the molecule is COc1ccc(S(=O)(=O)Nc2ccc(OC(F)(F)F)cc2)cc1C12CNCCC1C2. The van der Waals surface area contributed by atoms with E-state index in [-0.39, 0.29) is 16.0 Å². The molecule has 0 bridgehead atoms. The first-order valence-corrected chi connectivity index (χ1v) is 10.9. The zero-order valence-electron chi connectivity index (χ0n) is 16.1. The van der Waals surface area contributed by atoms with E-state index in [1.54, 1.807) is 19.2 Å². The van der Waals surface area contributed by atoms with Crippen LogP contribution >= 0.6 is 0 Å². The number of ether oxygens (including phenoxy) is 2. The summed E-state index contributed by atoms with van der Waals surface area (Å²) in [6.07, 6.45) is -2.80. The maximum atomic E-state index is 12.9. The quantitative estimate of drug-likeness (QED) is 0.714. The van der Waals surface area contributed by atoms with Crippen LogP contribution in [-0.4, -0.2) is 35.0 Å². The number of anilines is 1. The van der Waals surface area contributed by atoms with Crippen LogP contribution in [0.1, 0.15) is 18.4 Å². The summed E-state index contributed by atoms with van der Waals surface area (Å²) in [5, 5.41) is 3.37. The van der Waals surface area contributed by atoms with Gasteiger partial charge < -0.3 is 14.8 Å². The maximum Gasteiger partial charge on any atom is 0.573 e. The Kier molecular flexibility index (Phi) is 5.09. The molecule has 2 fully saturated rings. The molecule has 2 aliphatic rings. The van der Waals surface area contributed by atoms with E-state index in [1.165, 1.54) is 18.2 Å². The van der Waals surface area contributed by atoms with Gasteiger partial charge in [0, 0.05) is 23.2 Å². The van der Waals surface area contributed by atoms with Crippen LogP contribution < -0.4 is 19.5 Å². The molecule has 162 valence electrons. The van der Waals surface area contributed by atoms with E-state index in [2.05, 4.69) is 14.8 Å². The molecule has 1 heterocycles. The second-order valence-electron chi connectivity index (χ2n) is 7.56. The summed E-state index contributed by atoms with van der Waals surface area (Å²) in [4.78, 5) is 0.0690. The number of alkyl halides is 3. The van der Waals surface area contributed by atoms with Gasteiger partial charge in [-0.1, -0.05) is 0 Å². The Morgan fingerprint density at radius 3 is 2.53 bits per heavy atom. The monoisotopic (exact) mass is 442 g/mol. The van der Waals surface area contributed by atoms with Gasteiger partial charge in [-0.2, -0.15) is 0 Å². The van der Waals surface area contributed by atoms with Crippen molar-refractivity contribution in [3.8, 4) is 11.5 Å². The summed E-state index contributed by atoms with van der Waals surface area (Å²) in [7, 11) is -2.39. The normalized spacial score (nSPS) is 23.4. The fourth-order valence-corrected chi connectivity index (χ4v) is 5.25. The average molecular weight is 442 g/mol. The number of fused-ring (bicyclic) bond motifs is 1. The lowest BCUT2D eigenvalue weighted by atomic mass is 9.89. The number of hydrogen-bond acceptors (Lipinski definition) is 5. The minimum Gasteiger partial charge on any atom is -0.496 e. The molecule has 1 aliphatic carbocycles. The molecule has 1 saturated carbocycles. The van der Waals surface area contributed by atoms with E-state index in [1.807, 2.05) is 0 Å². The van der Waals surface area contributed by atoms with Gasteiger partial charge in [0.25, 0.3) is 10.0 Å². The first-order valence-electron chi connectivity index (χ1n) is 9.41. The van der Waals surface area contributed by atoms with Gasteiger partial charge in [0.15, 0.2) is 0 Å². The first-order chi connectivity index (χ1) is 14.1. The molecular formula is C20H21F3N2O4S. The minimum atomic E-state index is -4.81. The highest BCUT2D eigenvalue weighted by Gasteiger charge is 2.57. The zero-order valence-corrected chi connectivity index (χ0v) is 16.9. The van der Waals surface area contributed by atoms with Gasteiger partial charge in [0.2, 0.25) is 0 Å². The van der Waals surface area contributed by atoms with E-state index in [4.69, 9.17) is 4.74 Å². The third-order valence-electron chi connectivity index (χ3n) is 5.70. The molecule has 0 radical (unpaired) electrons. The van der Waals surface area contributed by atoms with Crippen LogP contribution in [0, 0.1) is 5.92 Å². The van der Waals surface area contributed by atoms with Crippen molar-refractivity contribution in [2.75, 3.05) is 24.9 Å². The van der Waals surface area contributed by atoms with E-state index < -0.39 is 22.1 Å². The van der Waals surface area contributed by atoms with Gasteiger partial charge in [0.1, 0.15) is 11.5 Å². The predicted octanol–water partition coefficient (Wildman–Crippen LogP) is 3.65. The van der Waals surface area contributed by atoms with Crippen LogP contribution in [0.25, 0.3) is 0 Å². The highest BCUT2D eigenvalue weighted by Crippen LogP contribution is 2.59. The third kappa shape index (κ3) is 4.06. The highest BCUT2D eigenvalue weighted by molar-refractivity contribution is 7.92. The number of hydrogen-bond donors (Lipinski definition) is 2. The smallest absolute Gasteiger partial charge is 0.496 e. The molecule has 0 amide bonds. The number of sulfonamides is 1. The van der Waals surface area contributed by atoms with Crippen LogP contribution in [0.3, 0.4) is 0 Å². The molecular weight excluding hydrogens is 421 g/mol. The molecule has 1 aliphatic heterocycles. The lowest BCUT2D eigenvalue weighted by Gasteiger charge is -2.25. The summed E-state index contributed by atoms with van der Waals surface area (Å²) >= 11 is 0. The lowest BCUT2D eigenvalue weighted by Crippen LogP contribution is -2.34. The lowest BCUT2D eigenvalue weighted by molar-refractivity contribution is -0.274. The van der Waals surface area contributed by atoms with E-state index in [0.717, 1.165) is 43.6 Å². The Morgan fingerprint density at radius 2 is 1.90 bits per heavy atom. The number of piperidine rings is 1. The van der Waals surface area contributed by atoms with Crippen LogP contribution in [0.4, 0.5) is 18.9 Å². The number of benzene rings is 2. The Labute approximate surface area is 172 Å². The van der Waals surface area contributed by atoms with Crippen molar-refractivity contribution in [2.24, 2.45) is 5.92 Å². The van der Waals surface area contributed by atoms with Crippen LogP contribution in [-0.2, 0) is 15.4 Å². The largest absolute Gasteiger partial charge is 0.573 e. The second-order valence-corrected chi connectivity index (χ2v) is 9.24. The molecule has 30 heavy (non-hydrogen) atoms. The standard InChI is InChI=1S/C20H21F3N2O4S/c1-28-18-7-6-16(10-17(18)19-11-13(19)8-9-24-12-19)30(26,27)25-14-2-4-15(5-3-14)29-20(21,22)23/h2-7,10,13,24-25H,8-9,11-12H2,1H3. The number of halogens is 3. The maximum absolute atomic E-state index is 12.9. The third-order valence-corrected chi connectivity index (χ3v) is 7.08. The molecule has 2 unspecified atom stereocenters. The van der Waals surface area contributed by atoms with Crippen molar-refractivity contribution in [3.63, 3.8) is 0 Å². The van der Waals surface area contributed by atoms with Crippen LogP contribution in [0.15, 0.2) is 47.4 Å². The van der Waals surface area contributed by atoms with Gasteiger partial charge in [-0.05, 0) is 67.8 Å². The summed E-state index contributed by atoms with van der Waals surface area (Å²) in [5.74, 6) is 0.717. The molecule has 0 spiro atoms. The number of methoxy groups -OCH3 is 1. The van der Waals surface area contributed by atoms with E-state index in [0.29, 0.717) is 11.7 Å². The molecule has 2 atom stereocenters. The van der Waals surface area contributed by atoms with Crippen LogP contribution in [0.5, 0.6) is 11.5 Å². The van der Waals surface area contributed by atoms with Crippen molar-refractivity contribution in [1.29, 1.82) is 0 Å². The van der Waals surface area contributed by atoms with Crippen molar-refractivity contribution in [1.82, 2.24) is 5.32 Å². The van der Waals surface area contributed by atoms with Gasteiger partial charge in [-0.25, -0.2) is 8.42 Å². The zero-order chi connectivity index (χ0) is 21.6. The highest BCUT2D eigenvalue weighted by atomic mass is 32.2. The van der Waals surface area contributed by atoms with Crippen LogP contribution in [0.2, 0.25) is 0 Å². The summed E-state index contributed by atoms with van der Waals surface area (Å²) in [5.41, 5.74) is 0.869. The van der Waals surface area contributed by atoms with E-state index >= 15 is 0 Å². The van der Waals surface area contributed by atoms with Gasteiger partial charge >= 0.3 is 6.36 Å².